The highest BCUT2D eigenvalue weighted by atomic mass is 16.7. The Labute approximate surface area is 200 Å². The van der Waals surface area contributed by atoms with E-state index in [1.165, 1.54) is 0 Å². The van der Waals surface area contributed by atoms with Gasteiger partial charge in [-0.25, -0.2) is 14.8 Å². The van der Waals surface area contributed by atoms with Crippen LogP contribution in [0, 0.1) is 0 Å². The predicted octanol–water partition coefficient (Wildman–Crippen LogP) is 5.31. The first-order chi connectivity index (χ1) is 17.1. The van der Waals surface area contributed by atoms with Crippen molar-refractivity contribution in [3.8, 4) is 22.9 Å². The number of carbonyl (C=O) groups is 1. The molecule has 6 rings (SSSR count). The number of benzene rings is 3. The van der Waals surface area contributed by atoms with Gasteiger partial charge in [0, 0.05) is 24.0 Å². The molecule has 0 atom stereocenters. The van der Waals surface area contributed by atoms with Gasteiger partial charge in [-0.3, -0.25) is 0 Å². The first-order valence-corrected chi connectivity index (χ1v) is 11.4. The number of nitrogens with zero attached hydrogens (tertiary/aromatic N) is 3. The molecule has 0 radical (unpaired) electrons. The third kappa shape index (κ3) is 3.59. The molecule has 3 aromatic carbocycles. The molecule has 0 unspecified atom stereocenters. The van der Waals surface area contributed by atoms with Gasteiger partial charge < -0.3 is 24.5 Å². The number of aryl methyl sites for hydroxylation is 1. The number of ether oxygens (including phenoxy) is 2. The van der Waals surface area contributed by atoms with Crippen LogP contribution in [0.15, 0.2) is 66.7 Å². The molecule has 1 aliphatic heterocycles. The summed E-state index contributed by atoms with van der Waals surface area (Å²) in [7, 11) is 0. The molecule has 8 heteroatoms. The number of para-hydroxylation sites is 1. The van der Waals surface area contributed by atoms with Crippen molar-refractivity contribution in [1.82, 2.24) is 14.5 Å². The number of anilines is 1. The van der Waals surface area contributed by atoms with E-state index in [2.05, 4.69) is 28.9 Å². The Morgan fingerprint density at radius 1 is 1.03 bits per heavy atom. The summed E-state index contributed by atoms with van der Waals surface area (Å²) in [4.78, 5) is 21.1. The number of fused-ring (bicyclic) bond motifs is 4. The fourth-order valence-corrected chi connectivity index (χ4v) is 4.50. The number of aromatic nitrogens is 3. The molecule has 35 heavy (non-hydrogen) atoms. The number of hydrogen-bond donors (Lipinski definition) is 2. The zero-order valence-corrected chi connectivity index (χ0v) is 19.0. The van der Waals surface area contributed by atoms with Gasteiger partial charge in [-0.2, -0.15) is 0 Å². The number of hydrogen-bond acceptors (Lipinski definition) is 6. The van der Waals surface area contributed by atoms with E-state index in [-0.39, 0.29) is 12.4 Å². The molecule has 3 heterocycles. The van der Waals surface area contributed by atoms with Crippen LogP contribution < -0.4 is 14.8 Å². The monoisotopic (exact) mass is 466 g/mol. The topological polar surface area (TPSA) is 98.5 Å². The van der Waals surface area contributed by atoms with E-state index < -0.39 is 5.97 Å². The van der Waals surface area contributed by atoms with Crippen LogP contribution in [-0.4, -0.2) is 32.4 Å². The van der Waals surface area contributed by atoms with E-state index in [1.807, 2.05) is 30.3 Å². The van der Waals surface area contributed by atoms with Crippen LogP contribution in [0.1, 0.15) is 22.8 Å². The van der Waals surface area contributed by atoms with Gasteiger partial charge in [0.25, 0.3) is 0 Å². The summed E-state index contributed by atoms with van der Waals surface area (Å²) in [5.41, 5.74) is 3.92. The summed E-state index contributed by atoms with van der Waals surface area (Å²) in [5, 5.41) is 14.8. The van der Waals surface area contributed by atoms with Crippen LogP contribution in [0.5, 0.6) is 11.5 Å². The molecule has 2 N–H and O–H groups in total. The van der Waals surface area contributed by atoms with E-state index in [4.69, 9.17) is 19.4 Å². The molecular formula is C27H22N4O4. The van der Waals surface area contributed by atoms with Crippen LogP contribution in [0.2, 0.25) is 0 Å². The van der Waals surface area contributed by atoms with Crippen LogP contribution in [0.25, 0.3) is 33.3 Å². The average Bonchev–Trinajstić information content (AvgIpc) is 3.49. The number of carboxylic acid groups (broad SMARTS) is 1. The van der Waals surface area contributed by atoms with Crippen LogP contribution in [-0.2, 0) is 13.1 Å². The Morgan fingerprint density at radius 3 is 2.63 bits per heavy atom. The van der Waals surface area contributed by atoms with Gasteiger partial charge in [-0.1, -0.05) is 36.4 Å². The lowest BCUT2D eigenvalue weighted by atomic mass is 10.1. The van der Waals surface area contributed by atoms with Crippen LogP contribution in [0.3, 0.4) is 0 Å². The van der Waals surface area contributed by atoms with E-state index in [9.17, 15) is 9.90 Å². The van der Waals surface area contributed by atoms with Crippen molar-refractivity contribution in [3.63, 3.8) is 0 Å². The summed E-state index contributed by atoms with van der Waals surface area (Å²) >= 11 is 0. The van der Waals surface area contributed by atoms with E-state index in [0.29, 0.717) is 18.2 Å². The second-order valence-electron chi connectivity index (χ2n) is 8.28. The molecule has 5 aromatic rings. The normalized spacial score (nSPS) is 12.4. The second-order valence-corrected chi connectivity index (χ2v) is 8.28. The van der Waals surface area contributed by atoms with Crippen molar-refractivity contribution in [1.29, 1.82) is 0 Å². The van der Waals surface area contributed by atoms with Crippen LogP contribution in [0.4, 0.5) is 5.82 Å². The smallest absolute Gasteiger partial charge is 0.335 e. The Bertz CT molecular complexity index is 1590. The third-order valence-electron chi connectivity index (χ3n) is 6.21. The lowest BCUT2D eigenvalue weighted by Crippen LogP contribution is -2.05. The summed E-state index contributed by atoms with van der Waals surface area (Å²) in [5.74, 6) is 1.76. The van der Waals surface area contributed by atoms with Crippen molar-refractivity contribution in [2.75, 3.05) is 12.1 Å². The maximum absolute atomic E-state index is 11.3. The van der Waals surface area contributed by atoms with Gasteiger partial charge in [0.05, 0.1) is 16.5 Å². The number of nitrogens with one attached hydrogen (secondary N) is 1. The van der Waals surface area contributed by atoms with E-state index in [1.54, 1.807) is 24.3 Å². The first-order valence-electron chi connectivity index (χ1n) is 11.4. The first kappa shape index (κ1) is 21.0. The minimum absolute atomic E-state index is 0.221. The summed E-state index contributed by atoms with van der Waals surface area (Å²) < 4.78 is 13.1. The van der Waals surface area contributed by atoms with Gasteiger partial charge in [0.1, 0.15) is 11.5 Å². The van der Waals surface area contributed by atoms with Crippen LogP contribution >= 0.6 is 0 Å². The molecule has 0 amide bonds. The minimum Gasteiger partial charge on any atom is -0.478 e. The molecule has 0 saturated carbocycles. The van der Waals surface area contributed by atoms with Gasteiger partial charge in [0.15, 0.2) is 17.3 Å². The Morgan fingerprint density at radius 2 is 1.83 bits per heavy atom. The van der Waals surface area contributed by atoms with Crippen molar-refractivity contribution < 1.29 is 19.4 Å². The summed E-state index contributed by atoms with van der Waals surface area (Å²) in [6, 6.07) is 20.7. The molecule has 1 aliphatic rings. The fourth-order valence-electron chi connectivity index (χ4n) is 4.50. The van der Waals surface area contributed by atoms with Crippen molar-refractivity contribution in [2.24, 2.45) is 0 Å². The fraction of sp³-hybridized carbons (Fsp3) is 0.148. The molecule has 174 valence electrons. The summed E-state index contributed by atoms with van der Waals surface area (Å²) in [6.45, 7) is 3.61. The minimum atomic E-state index is -0.967. The molecule has 0 saturated heterocycles. The molecule has 0 spiro atoms. The highest BCUT2D eigenvalue weighted by Crippen LogP contribution is 2.36. The van der Waals surface area contributed by atoms with Crippen molar-refractivity contribution >= 4 is 33.7 Å². The second kappa shape index (κ2) is 8.32. The molecule has 8 nitrogen and oxygen atoms in total. The number of carboxylic acids is 1. The number of rotatable bonds is 6. The maximum atomic E-state index is 11.3. The van der Waals surface area contributed by atoms with Crippen molar-refractivity contribution in [3.05, 3.63) is 77.9 Å². The van der Waals surface area contributed by atoms with Gasteiger partial charge in [-0.05, 0) is 42.8 Å². The van der Waals surface area contributed by atoms with E-state index in [0.717, 1.165) is 51.1 Å². The average molecular weight is 466 g/mol. The molecule has 0 aliphatic carbocycles. The predicted molar refractivity (Wildman–Crippen MR) is 133 cm³/mol. The molecule has 2 aromatic heterocycles. The Hall–Kier alpha value is -4.59. The Balaban J connectivity index is 1.48. The largest absolute Gasteiger partial charge is 0.478 e. The molecular weight excluding hydrogens is 444 g/mol. The van der Waals surface area contributed by atoms with E-state index >= 15 is 0 Å². The number of aromatic carboxylic acids is 1. The highest BCUT2D eigenvalue weighted by molar-refractivity contribution is 6.12. The lowest BCUT2D eigenvalue weighted by Gasteiger charge is -2.11. The quantitative estimate of drug-likeness (QED) is 0.350. The Kier molecular flexibility index (Phi) is 4.99. The highest BCUT2D eigenvalue weighted by Gasteiger charge is 2.19. The van der Waals surface area contributed by atoms with Crippen molar-refractivity contribution in [2.45, 2.75) is 20.0 Å². The third-order valence-corrected chi connectivity index (χ3v) is 6.21. The molecule has 0 bridgehead atoms. The van der Waals surface area contributed by atoms with Gasteiger partial charge >= 0.3 is 5.97 Å². The SMILES string of the molecule is CCn1c2ccccc2c2c(NCc3ccc4c(c3)OCO4)nc(-c3ccc(C(=O)O)cc3)nc21. The summed E-state index contributed by atoms with van der Waals surface area (Å²) in [6.07, 6.45) is 0. The zero-order chi connectivity index (χ0) is 23.9. The van der Waals surface area contributed by atoms with Gasteiger partial charge in [-0.15, -0.1) is 0 Å². The zero-order valence-electron chi connectivity index (χ0n) is 19.0. The standard InChI is InChI=1S/C27H22N4O4/c1-2-31-20-6-4-3-5-19(20)23-25(28-14-16-7-12-21-22(13-16)35-15-34-21)29-24(30-26(23)31)17-8-10-18(11-9-17)27(32)33/h3-13H,2,14-15H2,1H3,(H,32,33)(H,28,29,30). The maximum Gasteiger partial charge on any atom is 0.335 e. The lowest BCUT2D eigenvalue weighted by molar-refractivity contribution is 0.0697. The molecule has 0 fully saturated rings. The van der Waals surface area contributed by atoms with Gasteiger partial charge in [0.2, 0.25) is 6.79 Å².